The molecule has 1 atom stereocenters. The molecule has 28 heavy (non-hydrogen) atoms. The summed E-state index contributed by atoms with van der Waals surface area (Å²) in [5, 5.41) is 8.98. The van der Waals surface area contributed by atoms with Crippen molar-refractivity contribution in [2.24, 2.45) is 0 Å². The Balaban J connectivity index is 2.04. The maximum Gasteiger partial charge on any atom is 0.235 e. The molecule has 3 aromatic rings. The Hall–Kier alpha value is -2.73. The molecular formula is C22H24N4OS. The van der Waals surface area contributed by atoms with Crippen molar-refractivity contribution in [2.75, 3.05) is 14.1 Å². The number of hydrogen-bond donors (Lipinski definition) is 0. The molecule has 5 nitrogen and oxygen atoms in total. The summed E-state index contributed by atoms with van der Waals surface area (Å²) in [5.74, 6) is 0.0214. The molecule has 0 bridgehead atoms. The van der Waals surface area contributed by atoms with Gasteiger partial charge >= 0.3 is 0 Å². The van der Waals surface area contributed by atoms with Gasteiger partial charge in [-0.25, -0.2) is 4.98 Å². The summed E-state index contributed by atoms with van der Waals surface area (Å²) in [5.41, 5.74) is 5.82. The normalized spacial score (nSPS) is 11.9. The van der Waals surface area contributed by atoms with E-state index in [0.29, 0.717) is 5.16 Å². The Labute approximate surface area is 170 Å². The van der Waals surface area contributed by atoms with Crippen LogP contribution >= 0.6 is 11.8 Å². The van der Waals surface area contributed by atoms with Crippen LogP contribution in [0, 0.1) is 13.8 Å². The highest BCUT2D eigenvalue weighted by Gasteiger charge is 2.20. The molecule has 1 aromatic heterocycles. The van der Waals surface area contributed by atoms with Gasteiger partial charge in [-0.1, -0.05) is 71.4 Å². The molecule has 0 aliphatic rings. The van der Waals surface area contributed by atoms with E-state index in [0.717, 1.165) is 22.5 Å². The first kappa shape index (κ1) is 20.0. The van der Waals surface area contributed by atoms with Crippen LogP contribution in [0.5, 0.6) is 0 Å². The van der Waals surface area contributed by atoms with Crippen molar-refractivity contribution >= 4 is 17.7 Å². The first-order valence-electron chi connectivity index (χ1n) is 9.12. The second kappa shape index (κ2) is 8.52. The zero-order chi connectivity index (χ0) is 20.3. The number of amides is 1. The lowest BCUT2D eigenvalue weighted by Crippen LogP contribution is -2.29. The Morgan fingerprint density at radius 1 is 0.857 bits per heavy atom. The number of aromatic nitrogens is 3. The van der Waals surface area contributed by atoms with Crippen molar-refractivity contribution < 1.29 is 4.79 Å². The molecule has 0 saturated heterocycles. The van der Waals surface area contributed by atoms with Crippen LogP contribution in [-0.4, -0.2) is 45.3 Å². The third kappa shape index (κ3) is 4.57. The Bertz CT molecular complexity index is 969. The van der Waals surface area contributed by atoms with E-state index in [9.17, 15) is 4.79 Å². The number of nitrogens with zero attached hydrogens (tertiary/aromatic N) is 4. The van der Waals surface area contributed by atoms with Crippen LogP contribution in [0.3, 0.4) is 0 Å². The summed E-state index contributed by atoms with van der Waals surface area (Å²) in [6.45, 7) is 5.96. The van der Waals surface area contributed by atoms with Gasteiger partial charge in [-0.05, 0) is 20.8 Å². The molecule has 3 rings (SSSR count). The Morgan fingerprint density at radius 3 is 1.86 bits per heavy atom. The first-order valence-corrected chi connectivity index (χ1v) is 9.99. The third-order valence-corrected chi connectivity index (χ3v) is 5.33. The van der Waals surface area contributed by atoms with Gasteiger partial charge in [0.15, 0.2) is 0 Å². The molecule has 0 N–H and O–H groups in total. The molecule has 1 heterocycles. The first-order chi connectivity index (χ1) is 13.3. The highest BCUT2D eigenvalue weighted by Crippen LogP contribution is 2.31. The summed E-state index contributed by atoms with van der Waals surface area (Å²) in [6, 6.07) is 16.4. The fraction of sp³-hybridized carbons (Fsp3) is 0.273. The van der Waals surface area contributed by atoms with E-state index >= 15 is 0 Å². The topological polar surface area (TPSA) is 59.0 Å². The van der Waals surface area contributed by atoms with Gasteiger partial charge in [0, 0.05) is 25.2 Å². The lowest BCUT2D eigenvalue weighted by Gasteiger charge is -2.16. The molecule has 0 saturated carbocycles. The van der Waals surface area contributed by atoms with Crippen LogP contribution in [0.15, 0.2) is 53.7 Å². The molecule has 2 aromatic carbocycles. The van der Waals surface area contributed by atoms with Crippen molar-refractivity contribution in [2.45, 2.75) is 31.2 Å². The van der Waals surface area contributed by atoms with Crippen LogP contribution in [0.25, 0.3) is 22.5 Å². The second-order valence-electron chi connectivity index (χ2n) is 7.02. The second-order valence-corrected chi connectivity index (χ2v) is 8.32. The van der Waals surface area contributed by atoms with Gasteiger partial charge < -0.3 is 4.90 Å². The average molecular weight is 393 g/mol. The van der Waals surface area contributed by atoms with Gasteiger partial charge in [-0.15, -0.1) is 10.2 Å². The minimum atomic E-state index is -0.284. The molecule has 0 spiro atoms. The summed E-state index contributed by atoms with van der Waals surface area (Å²) in [7, 11) is 3.49. The van der Waals surface area contributed by atoms with Crippen molar-refractivity contribution in [3.8, 4) is 22.5 Å². The van der Waals surface area contributed by atoms with Crippen molar-refractivity contribution in [1.82, 2.24) is 20.1 Å². The van der Waals surface area contributed by atoms with Crippen molar-refractivity contribution in [1.29, 1.82) is 0 Å². The Kier molecular flexibility index (Phi) is 6.09. The average Bonchev–Trinajstić information content (AvgIpc) is 2.68. The smallest absolute Gasteiger partial charge is 0.235 e. The molecule has 1 amide bonds. The molecular weight excluding hydrogens is 368 g/mol. The highest BCUT2D eigenvalue weighted by atomic mass is 32.2. The molecule has 6 heteroatoms. The van der Waals surface area contributed by atoms with Crippen LogP contribution in [0.1, 0.15) is 18.1 Å². The van der Waals surface area contributed by atoms with E-state index in [-0.39, 0.29) is 11.2 Å². The zero-order valence-electron chi connectivity index (χ0n) is 16.8. The van der Waals surface area contributed by atoms with Crippen LogP contribution < -0.4 is 0 Å². The predicted octanol–water partition coefficient (Wildman–Crippen LogP) is 4.39. The third-order valence-electron chi connectivity index (χ3n) is 4.39. The molecule has 0 unspecified atom stereocenters. The van der Waals surface area contributed by atoms with E-state index in [1.54, 1.807) is 19.0 Å². The SMILES string of the molecule is Cc1ccc(-c2nnc(S[C@@H](C)C(=O)N(C)C)nc2-c2ccc(C)cc2)cc1. The van der Waals surface area contributed by atoms with E-state index in [1.165, 1.54) is 22.9 Å². The van der Waals surface area contributed by atoms with E-state index < -0.39 is 0 Å². The minimum Gasteiger partial charge on any atom is -0.348 e. The summed E-state index contributed by atoms with van der Waals surface area (Å²) in [6.07, 6.45) is 0. The fourth-order valence-electron chi connectivity index (χ4n) is 2.75. The predicted molar refractivity (Wildman–Crippen MR) is 114 cm³/mol. The van der Waals surface area contributed by atoms with Gasteiger partial charge in [0.05, 0.1) is 5.25 Å². The number of rotatable bonds is 5. The maximum absolute atomic E-state index is 12.2. The number of hydrogen-bond acceptors (Lipinski definition) is 5. The fourth-order valence-corrected chi connectivity index (χ4v) is 3.61. The largest absolute Gasteiger partial charge is 0.348 e. The van der Waals surface area contributed by atoms with Gasteiger partial charge in [0.25, 0.3) is 0 Å². The monoisotopic (exact) mass is 392 g/mol. The standard InChI is InChI=1S/C22H24N4OS/c1-14-6-10-17(11-7-14)19-20(18-12-8-15(2)9-13-18)24-25-22(23-19)28-16(3)21(27)26(4)5/h6-13,16H,1-5H3/t16-/m0/s1. The number of aryl methyl sites for hydroxylation is 2. The number of carbonyl (C=O) groups excluding carboxylic acids is 1. The highest BCUT2D eigenvalue weighted by molar-refractivity contribution is 8.00. The molecule has 0 aliphatic carbocycles. The maximum atomic E-state index is 12.2. The molecule has 0 radical (unpaired) electrons. The molecule has 144 valence electrons. The molecule has 0 fully saturated rings. The van der Waals surface area contributed by atoms with Crippen LogP contribution in [0.4, 0.5) is 0 Å². The number of thioether (sulfide) groups is 1. The number of benzene rings is 2. The van der Waals surface area contributed by atoms with Gasteiger partial charge in [-0.3, -0.25) is 4.79 Å². The van der Waals surface area contributed by atoms with E-state index in [2.05, 4.69) is 48.3 Å². The summed E-state index contributed by atoms with van der Waals surface area (Å²) >= 11 is 1.32. The van der Waals surface area contributed by atoms with Gasteiger partial charge in [0.2, 0.25) is 11.1 Å². The summed E-state index contributed by atoms with van der Waals surface area (Å²) < 4.78 is 0. The van der Waals surface area contributed by atoms with Crippen LogP contribution in [-0.2, 0) is 4.79 Å². The lowest BCUT2D eigenvalue weighted by atomic mass is 10.0. The Morgan fingerprint density at radius 2 is 1.36 bits per heavy atom. The summed E-state index contributed by atoms with van der Waals surface area (Å²) in [4.78, 5) is 18.5. The van der Waals surface area contributed by atoms with Crippen molar-refractivity contribution in [3.63, 3.8) is 0 Å². The van der Waals surface area contributed by atoms with Crippen LogP contribution in [0.2, 0.25) is 0 Å². The van der Waals surface area contributed by atoms with Gasteiger partial charge in [0.1, 0.15) is 11.4 Å². The van der Waals surface area contributed by atoms with Gasteiger partial charge in [-0.2, -0.15) is 0 Å². The van der Waals surface area contributed by atoms with E-state index in [4.69, 9.17) is 4.98 Å². The molecule has 0 aliphatic heterocycles. The van der Waals surface area contributed by atoms with Crippen molar-refractivity contribution in [3.05, 3.63) is 59.7 Å². The zero-order valence-corrected chi connectivity index (χ0v) is 17.6. The van der Waals surface area contributed by atoms with E-state index in [1.807, 2.05) is 31.2 Å². The lowest BCUT2D eigenvalue weighted by molar-refractivity contribution is -0.127. The quantitative estimate of drug-likeness (QED) is 0.603. The number of carbonyl (C=O) groups is 1. The minimum absolute atomic E-state index is 0.0214.